The van der Waals surface area contributed by atoms with Crippen molar-refractivity contribution in [2.75, 3.05) is 6.61 Å². The second-order valence-electron chi connectivity index (χ2n) is 6.28. The van der Waals surface area contributed by atoms with Crippen molar-refractivity contribution in [1.82, 2.24) is 0 Å². The Morgan fingerprint density at radius 3 is 2.52 bits per heavy atom. The van der Waals surface area contributed by atoms with Gasteiger partial charge in [-0.05, 0) is 47.2 Å². The van der Waals surface area contributed by atoms with E-state index in [1.807, 2.05) is 24.3 Å². The van der Waals surface area contributed by atoms with Crippen molar-refractivity contribution in [1.29, 1.82) is 0 Å². The first-order valence-corrected chi connectivity index (χ1v) is 7.51. The third-order valence-corrected chi connectivity index (χ3v) is 4.31. The maximum Gasteiger partial charge on any atom is 0.287 e. The van der Waals surface area contributed by atoms with Crippen molar-refractivity contribution < 1.29 is 14.3 Å². The highest BCUT2D eigenvalue weighted by Gasteiger charge is 2.28. The first-order valence-electron chi connectivity index (χ1n) is 7.51. The van der Waals surface area contributed by atoms with Gasteiger partial charge >= 0.3 is 0 Å². The Kier molecular flexibility index (Phi) is 3.85. The number of benzene rings is 2. The molecule has 0 fully saturated rings. The number of nitrogens with zero attached hydrogens (tertiary/aromatic N) is 1. The van der Waals surface area contributed by atoms with Gasteiger partial charge in [0.05, 0.1) is 6.61 Å². The van der Waals surface area contributed by atoms with Gasteiger partial charge in [-0.15, -0.1) is 4.99 Å². The van der Waals surface area contributed by atoms with Crippen molar-refractivity contribution in [3.05, 3.63) is 53.6 Å². The number of amides is 1. The molecule has 3 rings (SSSR count). The average Bonchev–Trinajstić information content (AvgIpc) is 2.55. The summed E-state index contributed by atoms with van der Waals surface area (Å²) >= 11 is 0. The lowest BCUT2D eigenvalue weighted by atomic mass is 9.79. The largest absolute Gasteiger partial charge is 0.493 e. The topological polar surface area (TPSA) is 55.7 Å². The van der Waals surface area contributed by atoms with Gasteiger partial charge in [0.15, 0.2) is 0 Å². The van der Waals surface area contributed by atoms with Crippen molar-refractivity contribution in [2.45, 2.75) is 25.7 Å². The molecule has 0 radical (unpaired) electrons. The Morgan fingerprint density at radius 1 is 1.13 bits per heavy atom. The maximum absolute atomic E-state index is 11.5. The van der Waals surface area contributed by atoms with Gasteiger partial charge in [-0.2, -0.15) is 0 Å². The molecule has 2 aromatic rings. The fraction of sp³-hybridized carbons (Fsp3) is 0.263. The highest BCUT2D eigenvalue weighted by atomic mass is 16.5. The summed E-state index contributed by atoms with van der Waals surface area (Å²) in [6, 6.07) is 13.2. The van der Waals surface area contributed by atoms with E-state index >= 15 is 0 Å². The van der Waals surface area contributed by atoms with E-state index in [1.54, 1.807) is 12.1 Å². The monoisotopic (exact) mass is 307 g/mol. The molecule has 0 aromatic heterocycles. The molecular formula is C19H17NO3. The van der Waals surface area contributed by atoms with Crippen LogP contribution in [0.4, 0.5) is 0 Å². The zero-order valence-corrected chi connectivity index (χ0v) is 13.1. The Morgan fingerprint density at radius 2 is 1.83 bits per heavy atom. The molecular weight excluding hydrogens is 290 g/mol. The molecule has 0 saturated carbocycles. The van der Waals surface area contributed by atoms with E-state index in [0.29, 0.717) is 5.56 Å². The normalized spacial score (nSPS) is 15.0. The molecule has 0 aliphatic carbocycles. The predicted octanol–water partition coefficient (Wildman–Crippen LogP) is 3.89. The summed E-state index contributed by atoms with van der Waals surface area (Å²) in [4.78, 5) is 24.8. The van der Waals surface area contributed by atoms with Crippen LogP contribution in [0.15, 0.2) is 47.5 Å². The van der Waals surface area contributed by atoms with Gasteiger partial charge in [-0.25, -0.2) is 4.79 Å². The second-order valence-corrected chi connectivity index (χ2v) is 6.28. The fourth-order valence-electron chi connectivity index (χ4n) is 2.83. The molecule has 1 aliphatic rings. The summed E-state index contributed by atoms with van der Waals surface area (Å²) < 4.78 is 5.73. The molecule has 116 valence electrons. The Balaban J connectivity index is 1.97. The Hall–Kier alpha value is -2.71. The van der Waals surface area contributed by atoms with E-state index in [2.05, 4.69) is 24.9 Å². The quantitative estimate of drug-likeness (QED) is 0.625. The van der Waals surface area contributed by atoms with Crippen molar-refractivity contribution in [3.63, 3.8) is 0 Å². The highest BCUT2D eigenvalue weighted by Crippen LogP contribution is 2.40. The van der Waals surface area contributed by atoms with Crippen molar-refractivity contribution >= 4 is 12.0 Å². The van der Waals surface area contributed by atoms with Crippen molar-refractivity contribution in [3.8, 4) is 16.9 Å². The second kappa shape index (κ2) is 5.82. The molecule has 0 spiro atoms. The van der Waals surface area contributed by atoms with Gasteiger partial charge in [0.2, 0.25) is 6.08 Å². The number of hydrogen-bond donors (Lipinski definition) is 0. The minimum Gasteiger partial charge on any atom is -0.493 e. The Labute approximate surface area is 134 Å². The van der Waals surface area contributed by atoms with Crippen LogP contribution in [0.5, 0.6) is 5.75 Å². The van der Waals surface area contributed by atoms with Crippen LogP contribution in [0.25, 0.3) is 11.1 Å². The number of ether oxygens (including phenoxy) is 1. The molecule has 0 saturated heterocycles. The number of hydrogen-bond acceptors (Lipinski definition) is 3. The summed E-state index contributed by atoms with van der Waals surface area (Å²) in [5.74, 6) is 0.364. The van der Waals surface area contributed by atoms with Crippen LogP contribution in [0.1, 0.15) is 36.2 Å². The lowest BCUT2D eigenvalue weighted by Gasteiger charge is -2.32. The van der Waals surface area contributed by atoms with Gasteiger partial charge in [0.25, 0.3) is 5.91 Å². The lowest BCUT2D eigenvalue weighted by Crippen LogP contribution is -2.26. The first kappa shape index (κ1) is 15.2. The molecule has 1 aliphatic heterocycles. The van der Waals surface area contributed by atoms with Crippen LogP contribution in [0.2, 0.25) is 0 Å². The zero-order valence-electron chi connectivity index (χ0n) is 13.1. The minimum atomic E-state index is -0.577. The number of carbonyl (C=O) groups excluding carboxylic acids is 2. The van der Waals surface area contributed by atoms with E-state index in [-0.39, 0.29) is 5.41 Å². The molecule has 4 heteroatoms. The summed E-state index contributed by atoms with van der Waals surface area (Å²) in [6.45, 7) is 5.18. The summed E-state index contributed by atoms with van der Waals surface area (Å²) in [6.07, 6.45) is 2.25. The third-order valence-electron chi connectivity index (χ3n) is 4.31. The van der Waals surface area contributed by atoms with Crippen LogP contribution < -0.4 is 4.74 Å². The number of isocyanates is 1. The highest BCUT2D eigenvalue weighted by molar-refractivity contribution is 5.97. The first-order chi connectivity index (χ1) is 11.0. The smallest absolute Gasteiger partial charge is 0.287 e. The molecule has 0 N–H and O–H groups in total. The fourth-order valence-corrected chi connectivity index (χ4v) is 2.83. The van der Waals surface area contributed by atoms with Gasteiger partial charge < -0.3 is 4.74 Å². The van der Waals surface area contributed by atoms with E-state index in [4.69, 9.17) is 4.74 Å². The number of fused-ring (bicyclic) bond motifs is 1. The number of rotatable bonds is 2. The average molecular weight is 307 g/mol. The molecule has 2 aromatic carbocycles. The van der Waals surface area contributed by atoms with E-state index in [9.17, 15) is 9.59 Å². The molecule has 1 amide bonds. The van der Waals surface area contributed by atoms with Gasteiger partial charge in [-0.1, -0.05) is 32.0 Å². The minimum absolute atomic E-state index is 0.0815. The molecule has 1 heterocycles. The van der Waals surface area contributed by atoms with Crippen LogP contribution in [-0.2, 0) is 10.2 Å². The summed E-state index contributed by atoms with van der Waals surface area (Å²) in [7, 11) is 0. The predicted molar refractivity (Wildman–Crippen MR) is 87.5 cm³/mol. The van der Waals surface area contributed by atoms with Crippen LogP contribution in [-0.4, -0.2) is 18.6 Å². The van der Waals surface area contributed by atoms with Crippen molar-refractivity contribution in [2.24, 2.45) is 4.99 Å². The van der Waals surface area contributed by atoms with E-state index < -0.39 is 5.91 Å². The molecule has 4 nitrogen and oxygen atoms in total. The summed E-state index contributed by atoms with van der Waals surface area (Å²) in [5, 5.41) is 0. The van der Waals surface area contributed by atoms with Gasteiger partial charge in [0.1, 0.15) is 5.75 Å². The van der Waals surface area contributed by atoms with Crippen LogP contribution >= 0.6 is 0 Å². The van der Waals surface area contributed by atoms with Crippen LogP contribution in [0.3, 0.4) is 0 Å². The third kappa shape index (κ3) is 2.94. The number of aliphatic imine (C=N–C) groups is 1. The van der Waals surface area contributed by atoms with E-state index in [1.165, 1.54) is 11.6 Å². The lowest BCUT2D eigenvalue weighted by molar-refractivity contribution is 0.100. The zero-order chi connectivity index (χ0) is 16.4. The number of carbonyl (C=O) groups is 1. The standard InChI is InChI=1S/C19H17NO3/c1-19(2)9-10-23-17-8-7-15(11-16(17)19)13-3-5-14(6-4-13)18(22)20-12-21/h3-8,11H,9-10H2,1-2H3. The molecule has 0 atom stereocenters. The molecule has 0 bridgehead atoms. The molecule has 0 unspecified atom stereocenters. The van der Waals surface area contributed by atoms with Crippen LogP contribution in [0, 0.1) is 0 Å². The maximum atomic E-state index is 11.5. The SMILES string of the molecule is CC1(C)CCOc2ccc(-c3ccc(C(=O)N=C=O)cc3)cc21. The van der Waals surface area contributed by atoms with Gasteiger partial charge in [0, 0.05) is 11.1 Å². The van der Waals surface area contributed by atoms with Gasteiger partial charge in [-0.3, -0.25) is 4.79 Å². The molecule has 23 heavy (non-hydrogen) atoms. The van der Waals surface area contributed by atoms with E-state index in [0.717, 1.165) is 29.9 Å². The Bertz CT molecular complexity index is 800. The summed E-state index contributed by atoms with van der Waals surface area (Å²) in [5.41, 5.74) is 3.73.